The number of carbonyl (C=O) groups is 1. The average Bonchev–Trinajstić information content (AvgIpc) is 2.72. The smallest absolute Gasteiger partial charge is 0.324 e. The van der Waals surface area contributed by atoms with Gasteiger partial charge in [0.1, 0.15) is 11.8 Å². The number of nitrogens with one attached hydrogen (secondary N) is 1. The van der Waals surface area contributed by atoms with Crippen molar-refractivity contribution in [2.45, 2.75) is 11.3 Å². The fourth-order valence-electron chi connectivity index (χ4n) is 2.44. The predicted molar refractivity (Wildman–Crippen MR) is 116 cm³/mol. The van der Waals surface area contributed by atoms with E-state index in [4.69, 9.17) is 16.9 Å². The molecule has 158 valence electrons. The van der Waals surface area contributed by atoms with Crippen LogP contribution in [0.1, 0.15) is 11.3 Å². The molecule has 1 amide bonds. The zero-order chi connectivity index (χ0) is 22.6. The number of benzene rings is 2. The van der Waals surface area contributed by atoms with Gasteiger partial charge in [-0.3, -0.25) is 4.79 Å². The number of thioether (sulfide) groups is 1. The first kappa shape index (κ1) is 23.1. The first-order valence-electron chi connectivity index (χ1n) is 8.50. The molecule has 0 bridgehead atoms. The minimum Gasteiger partial charge on any atom is -0.324 e. The Bertz CT molecular complexity index is 1170. The van der Waals surface area contributed by atoms with Crippen molar-refractivity contribution < 1.29 is 18.0 Å². The van der Waals surface area contributed by atoms with Crippen molar-refractivity contribution >= 4 is 50.9 Å². The molecule has 0 aliphatic rings. The van der Waals surface area contributed by atoms with Gasteiger partial charge in [0.15, 0.2) is 5.16 Å². The molecule has 0 aliphatic carbocycles. The summed E-state index contributed by atoms with van der Waals surface area (Å²) in [6.07, 6.45) is -4.67. The minimum absolute atomic E-state index is 0.0827. The molecular weight excluding hydrogens is 517 g/mol. The number of nitrogens with zero attached hydrogens (tertiary/aromatic N) is 3. The van der Waals surface area contributed by atoms with Crippen molar-refractivity contribution in [3.63, 3.8) is 0 Å². The summed E-state index contributed by atoms with van der Waals surface area (Å²) in [6.45, 7) is 0. The topological polar surface area (TPSA) is 78.7 Å². The summed E-state index contributed by atoms with van der Waals surface area (Å²) in [5.74, 6) is -0.812. The van der Waals surface area contributed by atoms with Gasteiger partial charge in [0.2, 0.25) is 5.91 Å². The van der Waals surface area contributed by atoms with Crippen LogP contribution in [0.15, 0.2) is 58.2 Å². The fourth-order valence-corrected chi connectivity index (χ4v) is 3.53. The highest BCUT2D eigenvalue weighted by molar-refractivity contribution is 9.10. The molecule has 1 N–H and O–H groups in total. The molecule has 0 fully saturated rings. The normalized spacial score (nSPS) is 11.1. The molecule has 1 heterocycles. The molecule has 0 atom stereocenters. The van der Waals surface area contributed by atoms with Crippen LogP contribution in [0.25, 0.3) is 11.3 Å². The van der Waals surface area contributed by atoms with Gasteiger partial charge in [-0.2, -0.15) is 18.4 Å². The Balaban J connectivity index is 1.81. The van der Waals surface area contributed by atoms with Gasteiger partial charge >= 0.3 is 6.18 Å². The quantitative estimate of drug-likeness (QED) is 0.317. The molecule has 3 aromatic rings. The van der Waals surface area contributed by atoms with Crippen LogP contribution < -0.4 is 5.32 Å². The van der Waals surface area contributed by atoms with E-state index in [1.807, 2.05) is 6.07 Å². The van der Waals surface area contributed by atoms with Gasteiger partial charge in [-0.15, -0.1) is 0 Å². The maximum atomic E-state index is 13.3. The third kappa shape index (κ3) is 6.19. The average molecular weight is 528 g/mol. The summed E-state index contributed by atoms with van der Waals surface area (Å²) < 4.78 is 40.7. The van der Waals surface area contributed by atoms with E-state index in [0.717, 1.165) is 22.3 Å². The van der Waals surface area contributed by atoms with Crippen LogP contribution in [0.4, 0.5) is 18.9 Å². The summed E-state index contributed by atoms with van der Waals surface area (Å²) in [6, 6.07) is 13.8. The number of rotatable bonds is 5. The lowest BCUT2D eigenvalue weighted by Gasteiger charge is -2.11. The van der Waals surface area contributed by atoms with Gasteiger partial charge in [0, 0.05) is 15.1 Å². The molecular formula is C20H11BrClF3N4OS. The first-order valence-corrected chi connectivity index (χ1v) is 10.7. The second kappa shape index (κ2) is 9.68. The minimum atomic E-state index is -4.67. The molecule has 0 saturated heterocycles. The lowest BCUT2D eigenvalue weighted by atomic mass is 10.1. The second-order valence-electron chi connectivity index (χ2n) is 6.06. The number of carbonyl (C=O) groups excluding carboxylic acids is 1. The summed E-state index contributed by atoms with van der Waals surface area (Å²) in [7, 11) is 0. The standard InChI is InChI=1S/C20H11BrClF3N4OS/c21-13-4-1-11(2-5-13)16-8-17(20(23,24)25)29-19(28-16)31-10-18(30)27-15-7-14(22)6-3-12(15)9-26/h1-8H,10H2,(H,27,30). The number of hydrogen-bond acceptors (Lipinski definition) is 5. The summed E-state index contributed by atoms with van der Waals surface area (Å²) in [5, 5.41) is 11.8. The Morgan fingerprint density at radius 2 is 1.87 bits per heavy atom. The fraction of sp³-hybridized carbons (Fsp3) is 0.100. The predicted octanol–water partition coefficient (Wildman–Crippen LogP) is 6.18. The highest BCUT2D eigenvalue weighted by Crippen LogP contribution is 2.32. The van der Waals surface area contributed by atoms with Crippen molar-refractivity contribution in [2.75, 3.05) is 11.1 Å². The number of halogens is 5. The lowest BCUT2D eigenvalue weighted by Crippen LogP contribution is -2.16. The van der Waals surface area contributed by atoms with E-state index in [-0.39, 0.29) is 27.9 Å². The van der Waals surface area contributed by atoms with Crippen LogP contribution in [0.3, 0.4) is 0 Å². The number of amides is 1. The third-order valence-corrected chi connectivity index (χ3v) is 5.46. The number of hydrogen-bond donors (Lipinski definition) is 1. The Morgan fingerprint density at radius 3 is 2.52 bits per heavy atom. The second-order valence-corrected chi connectivity index (χ2v) is 8.36. The highest BCUT2D eigenvalue weighted by Gasteiger charge is 2.34. The highest BCUT2D eigenvalue weighted by atomic mass is 79.9. The van der Waals surface area contributed by atoms with Crippen LogP contribution >= 0.6 is 39.3 Å². The Hall–Kier alpha value is -2.61. The van der Waals surface area contributed by atoms with Crippen LogP contribution in [-0.4, -0.2) is 21.6 Å². The van der Waals surface area contributed by atoms with E-state index in [0.29, 0.717) is 10.6 Å². The van der Waals surface area contributed by atoms with Gasteiger partial charge in [-0.25, -0.2) is 9.97 Å². The molecule has 5 nitrogen and oxygen atoms in total. The van der Waals surface area contributed by atoms with Crippen LogP contribution in [0.2, 0.25) is 5.02 Å². The van der Waals surface area contributed by atoms with E-state index in [1.165, 1.54) is 18.2 Å². The monoisotopic (exact) mass is 526 g/mol. The van der Waals surface area contributed by atoms with E-state index >= 15 is 0 Å². The Morgan fingerprint density at radius 1 is 1.16 bits per heavy atom. The maximum absolute atomic E-state index is 13.3. The summed E-state index contributed by atoms with van der Waals surface area (Å²) in [4.78, 5) is 20.0. The van der Waals surface area contributed by atoms with Gasteiger partial charge in [0.25, 0.3) is 0 Å². The van der Waals surface area contributed by atoms with Crippen molar-refractivity contribution in [3.8, 4) is 17.3 Å². The van der Waals surface area contributed by atoms with Crippen LogP contribution in [0, 0.1) is 11.3 Å². The molecule has 11 heteroatoms. The first-order chi connectivity index (χ1) is 14.7. The van der Waals surface area contributed by atoms with Crippen molar-refractivity contribution in [1.82, 2.24) is 9.97 Å². The molecule has 0 aliphatic heterocycles. The van der Waals surface area contributed by atoms with E-state index < -0.39 is 17.8 Å². The SMILES string of the molecule is N#Cc1ccc(Cl)cc1NC(=O)CSc1nc(-c2ccc(Br)cc2)cc(C(F)(F)F)n1. The van der Waals surface area contributed by atoms with E-state index in [2.05, 4.69) is 31.2 Å². The van der Waals surface area contributed by atoms with Crippen LogP contribution in [-0.2, 0) is 11.0 Å². The molecule has 2 aromatic carbocycles. The molecule has 3 rings (SSSR count). The number of anilines is 1. The summed E-state index contributed by atoms with van der Waals surface area (Å²) in [5.41, 5.74) is -0.138. The van der Waals surface area contributed by atoms with Gasteiger partial charge in [-0.05, 0) is 36.4 Å². The molecule has 0 spiro atoms. The van der Waals surface area contributed by atoms with Gasteiger partial charge < -0.3 is 5.32 Å². The van der Waals surface area contributed by atoms with E-state index in [9.17, 15) is 18.0 Å². The maximum Gasteiger partial charge on any atom is 0.433 e. The molecule has 0 unspecified atom stereocenters. The van der Waals surface area contributed by atoms with Crippen molar-refractivity contribution in [2.24, 2.45) is 0 Å². The van der Waals surface area contributed by atoms with Crippen molar-refractivity contribution in [3.05, 3.63) is 69.3 Å². The number of aromatic nitrogens is 2. The molecule has 1 aromatic heterocycles. The zero-order valence-corrected chi connectivity index (χ0v) is 18.5. The summed E-state index contributed by atoms with van der Waals surface area (Å²) >= 11 is 9.90. The van der Waals surface area contributed by atoms with Crippen molar-refractivity contribution in [1.29, 1.82) is 5.26 Å². The Labute approximate surface area is 192 Å². The largest absolute Gasteiger partial charge is 0.433 e. The Kier molecular flexibility index (Phi) is 7.20. The lowest BCUT2D eigenvalue weighted by molar-refractivity contribution is -0.141. The van der Waals surface area contributed by atoms with E-state index in [1.54, 1.807) is 24.3 Å². The third-order valence-electron chi connectivity index (χ3n) is 3.84. The van der Waals surface area contributed by atoms with Crippen LogP contribution in [0.5, 0.6) is 0 Å². The molecule has 31 heavy (non-hydrogen) atoms. The van der Waals surface area contributed by atoms with Gasteiger partial charge in [0.05, 0.1) is 22.7 Å². The number of nitriles is 1. The molecule has 0 radical (unpaired) electrons. The molecule has 0 saturated carbocycles. The number of alkyl halides is 3. The zero-order valence-electron chi connectivity index (χ0n) is 15.4. The van der Waals surface area contributed by atoms with Gasteiger partial charge in [-0.1, -0.05) is 51.4 Å².